The summed E-state index contributed by atoms with van der Waals surface area (Å²) in [6, 6.07) is 6.02. The molecular weight excluding hydrogens is 290 g/mol. The predicted molar refractivity (Wildman–Crippen MR) is 92.9 cm³/mol. The summed E-state index contributed by atoms with van der Waals surface area (Å²) in [6.07, 6.45) is 1.16. The number of aryl methyl sites for hydroxylation is 1. The van der Waals surface area contributed by atoms with E-state index in [0.717, 1.165) is 30.1 Å². The standard InChI is InChI=1S/C13H19O3P.C2H6.H3P/c1-10-4-5-11(8-13(10)16-17(2)3)15-12-6-7-14-9-12;1-2;/h4-5,8,12H,6-7,9H2,1-3H3;1-2H3;1H3/t12-;;/m0../s1. The molecule has 0 saturated carbocycles. The van der Waals surface area contributed by atoms with Crippen LogP contribution in [0, 0.1) is 6.92 Å². The van der Waals surface area contributed by atoms with Crippen molar-refractivity contribution in [2.45, 2.75) is 33.3 Å². The number of ether oxygens (including phenoxy) is 2. The SMILES string of the molecule is CC.Cc1ccc(O[C@H]2CCOC2)cc1OP(C)C.P. The van der Waals surface area contributed by atoms with Crippen molar-refractivity contribution in [3.05, 3.63) is 23.8 Å². The van der Waals surface area contributed by atoms with Crippen LogP contribution in [-0.4, -0.2) is 32.6 Å². The van der Waals surface area contributed by atoms with Crippen molar-refractivity contribution in [3.63, 3.8) is 0 Å². The zero-order valence-corrected chi connectivity index (χ0v) is 15.6. The molecule has 1 fully saturated rings. The molecule has 1 heterocycles. The maximum Gasteiger partial charge on any atom is 0.129 e. The Morgan fingerprint density at radius 3 is 2.50 bits per heavy atom. The van der Waals surface area contributed by atoms with Gasteiger partial charge in [0, 0.05) is 12.5 Å². The van der Waals surface area contributed by atoms with Crippen LogP contribution in [0.3, 0.4) is 0 Å². The minimum Gasteiger partial charge on any atom is -0.488 e. The average Bonchev–Trinajstić information content (AvgIpc) is 2.88. The molecule has 1 aromatic carbocycles. The molecular formula is C15H28O3P2. The van der Waals surface area contributed by atoms with Gasteiger partial charge in [0.2, 0.25) is 0 Å². The Morgan fingerprint density at radius 1 is 1.25 bits per heavy atom. The average molecular weight is 318 g/mol. The molecule has 0 aromatic heterocycles. The summed E-state index contributed by atoms with van der Waals surface area (Å²) in [7, 11) is -0.401. The normalized spacial score (nSPS) is 17.0. The molecule has 0 radical (unpaired) electrons. The summed E-state index contributed by atoms with van der Waals surface area (Å²) in [5, 5.41) is 0. The quantitative estimate of drug-likeness (QED) is 0.776. The van der Waals surface area contributed by atoms with E-state index in [-0.39, 0.29) is 16.0 Å². The van der Waals surface area contributed by atoms with E-state index in [1.807, 2.05) is 32.0 Å². The van der Waals surface area contributed by atoms with Gasteiger partial charge in [0.05, 0.1) is 21.4 Å². The number of benzene rings is 1. The van der Waals surface area contributed by atoms with Gasteiger partial charge in [-0.3, -0.25) is 0 Å². The summed E-state index contributed by atoms with van der Waals surface area (Å²) in [5.41, 5.74) is 1.15. The van der Waals surface area contributed by atoms with Crippen molar-refractivity contribution < 1.29 is 14.0 Å². The first kappa shape index (κ1) is 19.6. The first-order chi connectivity index (χ1) is 9.15. The number of rotatable bonds is 4. The molecule has 1 saturated heterocycles. The van der Waals surface area contributed by atoms with E-state index in [1.165, 1.54) is 0 Å². The van der Waals surface area contributed by atoms with Crippen molar-refractivity contribution in [1.82, 2.24) is 0 Å². The maximum absolute atomic E-state index is 5.85. The van der Waals surface area contributed by atoms with E-state index in [0.29, 0.717) is 6.61 Å². The summed E-state index contributed by atoms with van der Waals surface area (Å²) in [5.74, 6) is 1.80. The van der Waals surface area contributed by atoms with Gasteiger partial charge < -0.3 is 14.0 Å². The van der Waals surface area contributed by atoms with Gasteiger partial charge in [0.25, 0.3) is 0 Å². The Labute approximate surface area is 127 Å². The molecule has 0 bridgehead atoms. The van der Waals surface area contributed by atoms with Gasteiger partial charge in [-0.15, -0.1) is 0 Å². The molecule has 2 rings (SSSR count). The van der Waals surface area contributed by atoms with Crippen LogP contribution < -0.4 is 9.26 Å². The van der Waals surface area contributed by atoms with E-state index >= 15 is 0 Å². The van der Waals surface area contributed by atoms with Crippen molar-refractivity contribution in [2.75, 3.05) is 26.5 Å². The van der Waals surface area contributed by atoms with Crippen LogP contribution in [-0.2, 0) is 4.74 Å². The number of hydrogen-bond acceptors (Lipinski definition) is 3. The van der Waals surface area contributed by atoms with Crippen molar-refractivity contribution in [2.24, 2.45) is 0 Å². The fourth-order valence-corrected chi connectivity index (χ4v) is 2.34. The van der Waals surface area contributed by atoms with Gasteiger partial charge in [-0.05, 0) is 31.9 Å². The minimum atomic E-state index is -0.401. The fraction of sp³-hybridized carbons (Fsp3) is 0.600. The Bertz CT molecular complexity index is 377. The smallest absolute Gasteiger partial charge is 0.129 e. The van der Waals surface area contributed by atoms with Gasteiger partial charge in [0.15, 0.2) is 0 Å². The van der Waals surface area contributed by atoms with Gasteiger partial charge in [0.1, 0.15) is 17.6 Å². The second kappa shape index (κ2) is 10.4. The van der Waals surface area contributed by atoms with Crippen LogP contribution >= 0.6 is 18.0 Å². The third-order valence-electron chi connectivity index (χ3n) is 2.63. The Morgan fingerprint density at radius 2 is 1.95 bits per heavy atom. The minimum absolute atomic E-state index is 0. The molecule has 1 aromatic rings. The summed E-state index contributed by atoms with van der Waals surface area (Å²) < 4.78 is 17.0. The molecule has 1 unspecified atom stereocenters. The Kier molecular flexibility index (Phi) is 10.2. The maximum atomic E-state index is 5.85. The Balaban J connectivity index is 0.00000115. The van der Waals surface area contributed by atoms with Crippen molar-refractivity contribution in [3.8, 4) is 11.5 Å². The van der Waals surface area contributed by atoms with Crippen LogP contribution in [0.5, 0.6) is 11.5 Å². The zero-order valence-electron chi connectivity index (χ0n) is 13.3. The summed E-state index contributed by atoms with van der Waals surface area (Å²) in [4.78, 5) is 0. The molecule has 0 spiro atoms. The molecule has 1 aliphatic rings. The lowest BCUT2D eigenvalue weighted by Gasteiger charge is -2.16. The third kappa shape index (κ3) is 6.39. The highest BCUT2D eigenvalue weighted by Crippen LogP contribution is 2.34. The van der Waals surface area contributed by atoms with Gasteiger partial charge in [-0.1, -0.05) is 19.9 Å². The highest BCUT2D eigenvalue weighted by molar-refractivity contribution is 7.51. The monoisotopic (exact) mass is 318 g/mol. The molecule has 0 N–H and O–H groups in total. The second-order valence-corrected chi connectivity index (χ2v) is 6.24. The van der Waals surface area contributed by atoms with E-state index in [9.17, 15) is 0 Å². The second-order valence-electron chi connectivity index (χ2n) is 4.43. The van der Waals surface area contributed by atoms with Crippen LogP contribution in [0.25, 0.3) is 0 Å². The molecule has 1 aliphatic heterocycles. The van der Waals surface area contributed by atoms with Crippen molar-refractivity contribution >= 4 is 18.0 Å². The van der Waals surface area contributed by atoms with Crippen LogP contribution in [0.1, 0.15) is 25.8 Å². The molecule has 3 nitrogen and oxygen atoms in total. The van der Waals surface area contributed by atoms with Crippen molar-refractivity contribution in [1.29, 1.82) is 0 Å². The highest BCUT2D eigenvalue weighted by Gasteiger charge is 2.17. The number of hydrogen-bond donors (Lipinski definition) is 0. The van der Waals surface area contributed by atoms with E-state index in [1.54, 1.807) is 0 Å². The predicted octanol–water partition coefficient (Wildman–Crippen LogP) is 4.28. The lowest BCUT2D eigenvalue weighted by molar-refractivity contribution is 0.141. The lowest BCUT2D eigenvalue weighted by Crippen LogP contribution is -2.15. The summed E-state index contributed by atoms with van der Waals surface area (Å²) >= 11 is 0. The van der Waals surface area contributed by atoms with E-state index in [2.05, 4.69) is 20.3 Å². The third-order valence-corrected chi connectivity index (χ3v) is 3.19. The molecule has 2 atom stereocenters. The lowest BCUT2D eigenvalue weighted by atomic mass is 10.2. The molecule has 0 aliphatic carbocycles. The molecule has 0 amide bonds. The Hall–Kier alpha value is -0.360. The molecule has 5 heteroatoms. The van der Waals surface area contributed by atoms with Crippen LogP contribution in [0.2, 0.25) is 0 Å². The molecule has 116 valence electrons. The van der Waals surface area contributed by atoms with Gasteiger partial charge >= 0.3 is 0 Å². The first-order valence-corrected chi connectivity index (χ1v) is 9.01. The zero-order chi connectivity index (χ0) is 14.3. The van der Waals surface area contributed by atoms with Crippen LogP contribution in [0.15, 0.2) is 18.2 Å². The van der Waals surface area contributed by atoms with Gasteiger partial charge in [-0.25, -0.2) is 0 Å². The van der Waals surface area contributed by atoms with E-state index in [4.69, 9.17) is 14.0 Å². The fourth-order valence-electron chi connectivity index (χ4n) is 1.75. The topological polar surface area (TPSA) is 27.7 Å². The van der Waals surface area contributed by atoms with E-state index < -0.39 is 8.15 Å². The molecule has 20 heavy (non-hydrogen) atoms. The van der Waals surface area contributed by atoms with Gasteiger partial charge in [-0.2, -0.15) is 9.90 Å². The largest absolute Gasteiger partial charge is 0.488 e. The summed E-state index contributed by atoms with van der Waals surface area (Å²) in [6.45, 7) is 11.7. The van der Waals surface area contributed by atoms with Crippen LogP contribution in [0.4, 0.5) is 0 Å². The highest BCUT2D eigenvalue weighted by atomic mass is 31.1. The first-order valence-electron chi connectivity index (χ1n) is 6.85.